The van der Waals surface area contributed by atoms with Crippen molar-refractivity contribution in [2.45, 2.75) is 32.3 Å². The van der Waals surface area contributed by atoms with Crippen LogP contribution in [0.5, 0.6) is 0 Å². The number of nitrogens with zero attached hydrogens (tertiary/aromatic N) is 1. The molecule has 4 heteroatoms. The number of pyridine rings is 1. The zero-order valence-electron chi connectivity index (χ0n) is 10.8. The van der Waals surface area contributed by atoms with Crippen molar-refractivity contribution in [3.05, 3.63) is 42.9 Å². The number of carbonyl (C=O) groups excluding carboxylic acids is 1. The summed E-state index contributed by atoms with van der Waals surface area (Å²) in [5.41, 5.74) is -0.633. The molecule has 0 fully saturated rings. The van der Waals surface area contributed by atoms with E-state index in [0.717, 1.165) is 5.56 Å². The normalized spacial score (nSPS) is 13.9. The van der Waals surface area contributed by atoms with Gasteiger partial charge in [-0.05, 0) is 43.9 Å². The summed E-state index contributed by atoms with van der Waals surface area (Å²) in [5.74, 6) is -0.600. The number of hydrogen-bond acceptors (Lipinski definition) is 4. The summed E-state index contributed by atoms with van der Waals surface area (Å²) < 4.78 is 4.90. The first-order valence-electron chi connectivity index (χ1n) is 6.09. The first kappa shape index (κ1) is 14.6. The monoisotopic (exact) mass is 249 g/mol. The van der Waals surface area contributed by atoms with Gasteiger partial charge in [0.05, 0.1) is 6.61 Å². The molecule has 0 spiro atoms. The lowest BCUT2D eigenvalue weighted by Gasteiger charge is -2.24. The van der Waals surface area contributed by atoms with E-state index in [4.69, 9.17) is 4.74 Å². The van der Waals surface area contributed by atoms with Gasteiger partial charge < -0.3 is 9.84 Å². The average Bonchev–Trinajstić information content (AvgIpc) is 2.38. The second kappa shape index (κ2) is 7.11. The average molecular weight is 249 g/mol. The van der Waals surface area contributed by atoms with E-state index in [1.807, 2.05) is 19.1 Å². The van der Waals surface area contributed by atoms with E-state index in [0.29, 0.717) is 6.42 Å². The lowest BCUT2D eigenvalue weighted by molar-refractivity contribution is -0.161. The van der Waals surface area contributed by atoms with Crippen LogP contribution in [-0.2, 0) is 9.53 Å². The third-order valence-electron chi connectivity index (χ3n) is 2.53. The Labute approximate surface area is 108 Å². The van der Waals surface area contributed by atoms with Crippen molar-refractivity contribution in [1.29, 1.82) is 0 Å². The molecule has 1 rings (SSSR count). The van der Waals surface area contributed by atoms with Gasteiger partial charge in [0.1, 0.15) is 0 Å². The minimum absolute atomic E-state index is 0.198. The number of carbonyl (C=O) groups is 1. The van der Waals surface area contributed by atoms with Crippen LogP contribution < -0.4 is 0 Å². The topological polar surface area (TPSA) is 59.4 Å². The summed E-state index contributed by atoms with van der Waals surface area (Å²) in [4.78, 5) is 15.6. The Kier molecular flexibility index (Phi) is 5.78. The van der Waals surface area contributed by atoms with Gasteiger partial charge in [0.15, 0.2) is 5.60 Å². The predicted octanol–water partition coefficient (Wildman–Crippen LogP) is 1.93. The van der Waals surface area contributed by atoms with Gasteiger partial charge in [-0.2, -0.15) is 0 Å². The fourth-order valence-corrected chi connectivity index (χ4v) is 1.62. The molecule has 0 aliphatic rings. The lowest BCUT2D eigenvalue weighted by atomic mass is 9.91. The molecule has 0 aromatic carbocycles. The van der Waals surface area contributed by atoms with Gasteiger partial charge in [0, 0.05) is 18.8 Å². The molecule has 98 valence electrons. The largest absolute Gasteiger partial charge is 0.464 e. The fraction of sp³-hybridized carbons (Fsp3) is 0.429. The van der Waals surface area contributed by atoms with E-state index in [1.165, 1.54) is 0 Å². The Hall–Kier alpha value is -1.42. The first-order chi connectivity index (χ1) is 8.62. The van der Waals surface area contributed by atoms with Gasteiger partial charge in [-0.3, -0.25) is 4.98 Å². The minimum atomic E-state index is -1.55. The Morgan fingerprint density at radius 2 is 2.11 bits per heavy atom. The van der Waals surface area contributed by atoms with Crippen LogP contribution in [0.3, 0.4) is 0 Å². The Bertz CT molecular complexity index is 367. The van der Waals surface area contributed by atoms with Crippen molar-refractivity contribution in [1.82, 2.24) is 4.98 Å². The van der Waals surface area contributed by atoms with Crippen LogP contribution in [0, 0.1) is 12.8 Å². The molecule has 18 heavy (non-hydrogen) atoms. The van der Waals surface area contributed by atoms with Gasteiger partial charge in [0.2, 0.25) is 0 Å². The molecule has 0 aliphatic carbocycles. The van der Waals surface area contributed by atoms with Crippen LogP contribution in [0.2, 0.25) is 0 Å². The maximum absolute atomic E-state index is 11.7. The predicted molar refractivity (Wildman–Crippen MR) is 68.4 cm³/mol. The van der Waals surface area contributed by atoms with E-state index in [2.05, 4.69) is 4.98 Å². The van der Waals surface area contributed by atoms with Crippen molar-refractivity contribution in [2.24, 2.45) is 0 Å². The second-order valence-electron chi connectivity index (χ2n) is 3.95. The number of ether oxygens (including phenoxy) is 1. The molecule has 1 atom stereocenters. The van der Waals surface area contributed by atoms with Crippen LogP contribution in [0.1, 0.15) is 32.3 Å². The van der Waals surface area contributed by atoms with Gasteiger partial charge in [-0.15, -0.1) is 0 Å². The van der Waals surface area contributed by atoms with Crippen molar-refractivity contribution in [2.75, 3.05) is 6.61 Å². The lowest BCUT2D eigenvalue weighted by Crippen LogP contribution is -2.40. The number of hydrogen-bond donors (Lipinski definition) is 1. The molecule has 0 amide bonds. The second-order valence-corrected chi connectivity index (χ2v) is 3.95. The van der Waals surface area contributed by atoms with Crippen LogP contribution in [0.4, 0.5) is 0 Å². The van der Waals surface area contributed by atoms with Gasteiger partial charge in [-0.25, -0.2) is 4.79 Å². The zero-order valence-corrected chi connectivity index (χ0v) is 10.8. The van der Waals surface area contributed by atoms with Gasteiger partial charge in [0.25, 0.3) is 0 Å². The molecule has 2 radical (unpaired) electrons. The van der Waals surface area contributed by atoms with E-state index in [1.54, 1.807) is 32.2 Å². The Balaban J connectivity index is 2.65. The van der Waals surface area contributed by atoms with E-state index in [-0.39, 0.29) is 13.0 Å². The summed E-state index contributed by atoms with van der Waals surface area (Å²) in [6.07, 6.45) is 7.49. The van der Waals surface area contributed by atoms with Crippen LogP contribution in [-0.4, -0.2) is 28.3 Å². The molecule has 1 heterocycles. The summed E-state index contributed by atoms with van der Waals surface area (Å²) in [6, 6.07) is 3.63. The Morgan fingerprint density at radius 3 is 2.67 bits per heavy atom. The highest BCUT2D eigenvalue weighted by atomic mass is 16.5. The van der Waals surface area contributed by atoms with Crippen molar-refractivity contribution < 1.29 is 14.6 Å². The maximum atomic E-state index is 11.7. The van der Waals surface area contributed by atoms with Crippen LogP contribution >= 0.6 is 0 Å². The number of esters is 1. The highest BCUT2D eigenvalue weighted by molar-refractivity contribution is 5.81. The summed E-state index contributed by atoms with van der Waals surface area (Å²) in [6.45, 7) is 3.85. The molecule has 0 saturated carbocycles. The highest BCUT2D eigenvalue weighted by Crippen LogP contribution is 2.22. The molecular weight excluding hydrogens is 230 g/mol. The maximum Gasteiger partial charge on any atom is 0.338 e. The van der Waals surface area contributed by atoms with E-state index < -0.39 is 11.6 Å². The van der Waals surface area contributed by atoms with E-state index in [9.17, 15) is 9.90 Å². The SMILES string of the molecule is CC[CH]C(O)(C[CH]c1ccncc1)C(=O)OCC. The number of rotatable bonds is 7. The molecule has 0 bridgehead atoms. The highest BCUT2D eigenvalue weighted by Gasteiger charge is 2.36. The van der Waals surface area contributed by atoms with Crippen molar-refractivity contribution >= 4 is 5.97 Å². The van der Waals surface area contributed by atoms with E-state index >= 15 is 0 Å². The third kappa shape index (κ3) is 4.11. The minimum Gasteiger partial charge on any atom is -0.464 e. The van der Waals surface area contributed by atoms with Crippen LogP contribution in [0.15, 0.2) is 24.5 Å². The molecule has 1 aromatic heterocycles. The smallest absolute Gasteiger partial charge is 0.338 e. The zero-order chi connectivity index (χ0) is 13.4. The quantitative estimate of drug-likeness (QED) is 0.750. The molecule has 1 N–H and O–H groups in total. The van der Waals surface area contributed by atoms with Gasteiger partial charge in [-0.1, -0.05) is 6.92 Å². The summed E-state index contributed by atoms with van der Waals surface area (Å²) >= 11 is 0. The van der Waals surface area contributed by atoms with Gasteiger partial charge >= 0.3 is 5.97 Å². The summed E-state index contributed by atoms with van der Waals surface area (Å²) in [5, 5.41) is 10.3. The number of aliphatic hydroxyl groups is 1. The fourth-order valence-electron chi connectivity index (χ4n) is 1.62. The molecule has 0 saturated heterocycles. The Morgan fingerprint density at radius 1 is 1.44 bits per heavy atom. The molecular formula is C14H19NO3. The molecule has 4 nitrogen and oxygen atoms in total. The molecule has 0 aliphatic heterocycles. The first-order valence-corrected chi connectivity index (χ1v) is 6.09. The standard InChI is InChI=1S/C14H19NO3/c1-3-8-14(17,13(16)18-4-2)9-5-12-6-10-15-11-7-12/h5-8,10-11,17H,3-4,9H2,1-2H3. The third-order valence-corrected chi connectivity index (χ3v) is 2.53. The summed E-state index contributed by atoms with van der Waals surface area (Å²) in [7, 11) is 0. The molecule has 1 aromatic rings. The molecule has 1 unspecified atom stereocenters. The van der Waals surface area contributed by atoms with Crippen LogP contribution in [0.25, 0.3) is 0 Å². The number of aromatic nitrogens is 1. The van der Waals surface area contributed by atoms with Crippen molar-refractivity contribution in [3.63, 3.8) is 0 Å². The van der Waals surface area contributed by atoms with Crippen molar-refractivity contribution in [3.8, 4) is 0 Å².